The first-order chi connectivity index (χ1) is 9.58. The average molecular weight is 291 g/mol. The predicted octanol–water partition coefficient (Wildman–Crippen LogP) is 3.67. The Hall–Kier alpha value is -1.62. The summed E-state index contributed by atoms with van der Waals surface area (Å²) in [5.41, 5.74) is 2.36. The lowest BCUT2D eigenvalue weighted by molar-refractivity contribution is 0.411. The lowest BCUT2D eigenvalue weighted by Crippen LogP contribution is -1.99. The summed E-state index contributed by atoms with van der Waals surface area (Å²) in [5.74, 6) is 1.53. The topological polar surface area (TPSA) is 47.0 Å². The van der Waals surface area contributed by atoms with E-state index in [9.17, 15) is 0 Å². The summed E-state index contributed by atoms with van der Waals surface area (Å²) in [6, 6.07) is 6.19. The van der Waals surface area contributed by atoms with Gasteiger partial charge in [-0.15, -0.1) is 10.2 Å². The number of anilines is 1. The Balaban J connectivity index is 1.94. The molecular weight excluding hydrogens is 270 g/mol. The number of aryl methyl sites for hydroxylation is 1. The molecular formula is C15H21N3OS. The number of nitrogens with one attached hydrogen (secondary N) is 1. The molecule has 0 saturated heterocycles. The Kier molecular flexibility index (Phi) is 4.95. The van der Waals surface area contributed by atoms with Gasteiger partial charge in [-0.3, -0.25) is 0 Å². The molecule has 20 heavy (non-hydrogen) atoms. The van der Waals surface area contributed by atoms with E-state index in [-0.39, 0.29) is 0 Å². The van der Waals surface area contributed by atoms with Crippen LogP contribution in [-0.4, -0.2) is 17.3 Å². The maximum Gasteiger partial charge on any atom is 0.205 e. The Morgan fingerprint density at radius 1 is 1.30 bits per heavy atom. The molecule has 2 aromatic rings. The van der Waals surface area contributed by atoms with Gasteiger partial charge in [0.05, 0.1) is 7.11 Å². The number of hydrogen-bond donors (Lipinski definition) is 1. The summed E-state index contributed by atoms with van der Waals surface area (Å²) in [4.78, 5) is 0. The minimum atomic E-state index is 0.611. The van der Waals surface area contributed by atoms with Gasteiger partial charge in [0.2, 0.25) is 5.13 Å². The van der Waals surface area contributed by atoms with E-state index < -0.39 is 0 Å². The first kappa shape index (κ1) is 14.8. The van der Waals surface area contributed by atoms with Crippen molar-refractivity contribution in [3.05, 3.63) is 34.3 Å². The molecule has 5 heteroatoms. The van der Waals surface area contributed by atoms with Crippen LogP contribution in [0.4, 0.5) is 5.13 Å². The molecule has 108 valence electrons. The third-order valence-electron chi connectivity index (χ3n) is 2.95. The van der Waals surface area contributed by atoms with Crippen LogP contribution in [0.1, 0.15) is 30.0 Å². The first-order valence-electron chi connectivity index (χ1n) is 6.78. The fourth-order valence-corrected chi connectivity index (χ4v) is 2.93. The van der Waals surface area contributed by atoms with Crippen molar-refractivity contribution in [3.63, 3.8) is 0 Å². The third-order valence-corrected chi connectivity index (χ3v) is 3.86. The van der Waals surface area contributed by atoms with Gasteiger partial charge in [0, 0.05) is 13.0 Å². The maximum atomic E-state index is 5.26. The van der Waals surface area contributed by atoms with E-state index in [4.69, 9.17) is 4.74 Å². The molecule has 1 aromatic heterocycles. The van der Waals surface area contributed by atoms with Crippen LogP contribution in [0.3, 0.4) is 0 Å². The van der Waals surface area contributed by atoms with E-state index in [0.29, 0.717) is 5.92 Å². The molecule has 0 atom stereocenters. The second-order valence-corrected chi connectivity index (χ2v) is 6.32. The van der Waals surface area contributed by atoms with Crippen LogP contribution in [0.25, 0.3) is 0 Å². The number of aromatic nitrogens is 2. The molecule has 0 radical (unpaired) electrons. The zero-order chi connectivity index (χ0) is 14.5. The van der Waals surface area contributed by atoms with Crippen molar-refractivity contribution in [1.82, 2.24) is 10.2 Å². The first-order valence-corrected chi connectivity index (χ1v) is 7.60. The third kappa shape index (κ3) is 3.93. The summed E-state index contributed by atoms with van der Waals surface area (Å²) in [6.07, 6.45) is 0.987. The number of benzene rings is 1. The summed E-state index contributed by atoms with van der Waals surface area (Å²) >= 11 is 1.63. The van der Waals surface area contributed by atoms with Crippen molar-refractivity contribution >= 4 is 16.5 Å². The molecule has 0 bridgehead atoms. The van der Waals surface area contributed by atoms with E-state index in [1.165, 1.54) is 5.56 Å². The number of hydrogen-bond acceptors (Lipinski definition) is 5. The average Bonchev–Trinajstić information content (AvgIpc) is 2.83. The molecule has 0 aliphatic rings. The Labute approximate surface area is 124 Å². The molecule has 1 aromatic carbocycles. The Bertz CT molecular complexity index is 566. The van der Waals surface area contributed by atoms with Crippen LogP contribution >= 0.6 is 11.3 Å². The van der Waals surface area contributed by atoms with E-state index >= 15 is 0 Å². The number of nitrogens with zero attached hydrogens (tertiary/aromatic N) is 2. The summed E-state index contributed by atoms with van der Waals surface area (Å²) < 4.78 is 5.26. The minimum Gasteiger partial charge on any atom is -0.496 e. The van der Waals surface area contributed by atoms with E-state index in [1.54, 1.807) is 18.4 Å². The lowest BCUT2D eigenvalue weighted by atomic mass is 10.1. The number of methoxy groups -OCH3 is 1. The van der Waals surface area contributed by atoms with Gasteiger partial charge in [-0.25, -0.2) is 0 Å². The summed E-state index contributed by atoms with van der Waals surface area (Å²) in [5, 5.41) is 13.7. The van der Waals surface area contributed by atoms with Gasteiger partial charge >= 0.3 is 0 Å². The van der Waals surface area contributed by atoms with E-state index in [1.807, 2.05) is 13.0 Å². The van der Waals surface area contributed by atoms with Gasteiger partial charge in [-0.2, -0.15) is 0 Å². The van der Waals surface area contributed by atoms with Crippen molar-refractivity contribution in [3.8, 4) is 5.75 Å². The smallest absolute Gasteiger partial charge is 0.205 e. The molecule has 0 aliphatic carbocycles. The molecule has 4 nitrogen and oxygen atoms in total. The fourth-order valence-electron chi connectivity index (χ4n) is 1.98. The van der Waals surface area contributed by atoms with Crippen LogP contribution < -0.4 is 10.1 Å². The van der Waals surface area contributed by atoms with E-state index in [2.05, 4.69) is 41.5 Å². The molecule has 1 heterocycles. The molecule has 2 rings (SSSR count). The van der Waals surface area contributed by atoms with Crippen LogP contribution in [-0.2, 0) is 13.0 Å². The molecule has 1 N–H and O–H groups in total. The molecule has 0 unspecified atom stereocenters. The summed E-state index contributed by atoms with van der Waals surface area (Å²) in [7, 11) is 1.69. The number of ether oxygens (including phenoxy) is 1. The second kappa shape index (κ2) is 6.70. The van der Waals surface area contributed by atoms with Crippen molar-refractivity contribution in [2.45, 2.75) is 33.7 Å². The molecule has 0 spiro atoms. The largest absolute Gasteiger partial charge is 0.496 e. The van der Waals surface area contributed by atoms with Gasteiger partial charge in [-0.1, -0.05) is 37.3 Å². The Morgan fingerprint density at radius 3 is 2.75 bits per heavy atom. The minimum absolute atomic E-state index is 0.611. The highest BCUT2D eigenvalue weighted by Gasteiger charge is 2.06. The van der Waals surface area contributed by atoms with Crippen molar-refractivity contribution in [2.24, 2.45) is 5.92 Å². The molecule has 0 aliphatic heterocycles. The SMILES string of the molecule is COc1ccc(CNc2nnc(CC(C)C)s2)cc1C. The normalized spacial score (nSPS) is 10.8. The van der Waals surface area contributed by atoms with Crippen molar-refractivity contribution in [2.75, 3.05) is 12.4 Å². The van der Waals surface area contributed by atoms with E-state index in [0.717, 1.165) is 34.4 Å². The van der Waals surface area contributed by atoms with Gasteiger partial charge in [0.1, 0.15) is 10.8 Å². The van der Waals surface area contributed by atoms with Gasteiger partial charge < -0.3 is 10.1 Å². The molecule has 0 fully saturated rings. The van der Waals surface area contributed by atoms with Crippen LogP contribution in [0.5, 0.6) is 5.75 Å². The fraction of sp³-hybridized carbons (Fsp3) is 0.467. The van der Waals surface area contributed by atoms with Gasteiger partial charge in [0.25, 0.3) is 0 Å². The standard InChI is InChI=1S/C15H21N3OS/c1-10(2)7-14-17-18-15(20-14)16-9-12-5-6-13(19-4)11(3)8-12/h5-6,8,10H,7,9H2,1-4H3,(H,16,18). The van der Waals surface area contributed by atoms with Crippen molar-refractivity contribution < 1.29 is 4.74 Å². The lowest BCUT2D eigenvalue weighted by Gasteiger charge is -2.07. The van der Waals surface area contributed by atoms with Crippen LogP contribution in [0, 0.1) is 12.8 Å². The summed E-state index contributed by atoms with van der Waals surface area (Å²) in [6.45, 7) is 7.18. The maximum absolute atomic E-state index is 5.26. The van der Waals surface area contributed by atoms with Gasteiger partial charge in [0.15, 0.2) is 0 Å². The molecule has 0 amide bonds. The second-order valence-electron chi connectivity index (χ2n) is 5.26. The number of rotatable bonds is 6. The van der Waals surface area contributed by atoms with Crippen LogP contribution in [0.2, 0.25) is 0 Å². The highest BCUT2D eigenvalue weighted by atomic mass is 32.1. The zero-order valence-electron chi connectivity index (χ0n) is 12.4. The Morgan fingerprint density at radius 2 is 2.10 bits per heavy atom. The van der Waals surface area contributed by atoms with Crippen LogP contribution in [0.15, 0.2) is 18.2 Å². The molecule has 0 saturated carbocycles. The van der Waals surface area contributed by atoms with Crippen molar-refractivity contribution in [1.29, 1.82) is 0 Å². The predicted molar refractivity (Wildman–Crippen MR) is 83.5 cm³/mol. The highest BCUT2D eigenvalue weighted by molar-refractivity contribution is 7.15. The zero-order valence-corrected chi connectivity index (χ0v) is 13.3. The monoisotopic (exact) mass is 291 g/mol. The highest BCUT2D eigenvalue weighted by Crippen LogP contribution is 2.21. The quantitative estimate of drug-likeness (QED) is 0.882. The van der Waals surface area contributed by atoms with Gasteiger partial charge in [-0.05, 0) is 30.0 Å².